The number of hydrazone groups is 1. The molecule has 1 heterocycles. The predicted molar refractivity (Wildman–Crippen MR) is 108 cm³/mol. The van der Waals surface area contributed by atoms with E-state index in [2.05, 4.69) is 22.5 Å². The van der Waals surface area contributed by atoms with Gasteiger partial charge >= 0.3 is 0 Å². The smallest absolute Gasteiger partial charge is 0.267 e. The number of hydrogen-bond acceptors (Lipinski definition) is 4. The van der Waals surface area contributed by atoms with Gasteiger partial charge in [0.2, 0.25) is 0 Å². The van der Waals surface area contributed by atoms with Crippen molar-refractivity contribution in [3.05, 3.63) is 40.3 Å². The molecule has 1 aromatic carbocycles. The highest BCUT2D eigenvalue weighted by Gasteiger charge is 2.16. The molecule has 3 rings (SSSR count). The fraction of sp³-hybridized carbons (Fsp3) is 0.524. The minimum atomic E-state index is -0.356. The SMILES string of the molecule is CCCCn1nc(C(=O)NN=C2CCCCCCC2)c2ccccc2c1=O. The number of aromatic nitrogens is 2. The maximum atomic E-state index is 12.8. The van der Waals surface area contributed by atoms with Gasteiger partial charge in [-0.15, -0.1) is 0 Å². The van der Waals surface area contributed by atoms with Crippen LogP contribution in [0, 0.1) is 0 Å². The highest BCUT2D eigenvalue weighted by molar-refractivity contribution is 6.05. The largest absolute Gasteiger partial charge is 0.292 e. The van der Waals surface area contributed by atoms with Crippen LogP contribution in [0.4, 0.5) is 0 Å². The summed E-state index contributed by atoms with van der Waals surface area (Å²) in [7, 11) is 0. The molecule has 0 radical (unpaired) electrons. The lowest BCUT2D eigenvalue weighted by atomic mass is 9.99. The van der Waals surface area contributed by atoms with Gasteiger partial charge in [0.15, 0.2) is 5.69 Å². The molecule has 0 saturated heterocycles. The molecule has 0 bridgehead atoms. The highest BCUT2D eigenvalue weighted by Crippen LogP contribution is 2.16. The Hall–Kier alpha value is -2.50. The molecule has 144 valence electrons. The zero-order valence-electron chi connectivity index (χ0n) is 16.0. The zero-order valence-corrected chi connectivity index (χ0v) is 16.0. The summed E-state index contributed by atoms with van der Waals surface area (Å²) in [6, 6.07) is 7.15. The molecule has 1 aliphatic rings. The molecule has 1 N–H and O–H groups in total. The second kappa shape index (κ2) is 9.44. The van der Waals surface area contributed by atoms with E-state index in [0.29, 0.717) is 17.3 Å². The fourth-order valence-electron chi connectivity index (χ4n) is 3.47. The van der Waals surface area contributed by atoms with Crippen molar-refractivity contribution in [3.63, 3.8) is 0 Å². The van der Waals surface area contributed by atoms with Gasteiger partial charge in [-0.1, -0.05) is 50.8 Å². The first kappa shape index (κ1) is 19.3. The van der Waals surface area contributed by atoms with Crippen molar-refractivity contribution in [1.29, 1.82) is 0 Å². The first-order valence-electron chi connectivity index (χ1n) is 10.1. The van der Waals surface area contributed by atoms with Crippen LogP contribution >= 0.6 is 0 Å². The molecule has 0 unspecified atom stereocenters. The molecule has 6 nitrogen and oxygen atoms in total. The molecular weight excluding hydrogens is 340 g/mol. The van der Waals surface area contributed by atoms with E-state index in [1.54, 1.807) is 12.1 Å². The van der Waals surface area contributed by atoms with Crippen LogP contribution in [-0.4, -0.2) is 21.4 Å². The Morgan fingerprint density at radius 1 is 1.11 bits per heavy atom. The number of fused-ring (bicyclic) bond motifs is 1. The summed E-state index contributed by atoms with van der Waals surface area (Å²) in [6.45, 7) is 2.57. The van der Waals surface area contributed by atoms with E-state index in [-0.39, 0.29) is 17.2 Å². The number of amides is 1. The quantitative estimate of drug-likeness (QED) is 0.810. The molecule has 1 fully saturated rings. The van der Waals surface area contributed by atoms with E-state index < -0.39 is 0 Å². The maximum absolute atomic E-state index is 12.8. The van der Waals surface area contributed by atoms with Gasteiger partial charge < -0.3 is 0 Å². The molecule has 2 aromatic rings. The Bertz CT molecular complexity index is 875. The van der Waals surface area contributed by atoms with Gasteiger partial charge in [0.25, 0.3) is 11.5 Å². The molecule has 1 amide bonds. The predicted octanol–water partition coefficient (Wildman–Crippen LogP) is 4.03. The van der Waals surface area contributed by atoms with Gasteiger partial charge in [-0.05, 0) is 38.2 Å². The van der Waals surface area contributed by atoms with Gasteiger partial charge in [0, 0.05) is 17.6 Å². The van der Waals surface area contributed by atoms with Crippen LogP contribution in [0.25, 0.3) is 10.8 Å². The van der Waals surface area contributed by atoms with Crippen LogP contribution in [0.3, 0.4) is 0 Å². The lowest BCUT2D eigenvalue weighted by Crippen LogP contribution is -2.29. The summed E-state index contributed by atoms with van der Waals surface area (Å²) in [5.74, 6) is -0.356. The Balaban J connectivity index is 1.88. The summed E-state index contributed by atoms with van der Waals surface area (Å²) < 4.78 is 1.41. The first-order valence-corrected chi connectivity index (χ1v) is 10.1. The van der Waals surface area contributed by atoms with Crippen molar-refractivity contribution in [1.82, 2.24) is 15.2 Å². The molecule has 0 atom stereocenters. The second-order valence-electron chi connectivity index (χ2n) is 7.16. The van der Waals surface area contributed by atoms with Crippen LogP contribution in [0.5, 0.6) is 0 Å². The van der Waals surface area contributed by atoms with Crippen LogP contribution in [0.2, 0.25) is 0 Å². The highest BCUT2D eigenvalue weighted by atomic mass is 16.2. The van der Waals surface area contributed by atoms with Gasteiger partial charge in [-0.3, -0.25) is 9.59 Å². The van der Waals surface area contributed by atoms with E-state index in [4.69, 9.17) is 0 Å². The minimum Gasteiger partial charge on any atom is -0.267 e. The topological polar surface area (TPSA) is 76.3 Å². The Morgan fingerprint density at radius 2 is 1.78 bits per heavy atom. The molecule has 1 saturated carbocycles. The summed E-state index contributed by atoms with van der Waals surface area (Å²) in [5, 5.41) is 9.83. The number of benzene rings is 1. The van der Waals surface area contributed by atoms with Crippen molar-refractivity contribution < 1.29 is 4.79 Å². The molecule has 0 aliphatic heterocycles. The van der Waals surface area contributed by atoms with Crippen molar-refractivity contribution in [2.24, 2.45) is 5.10 Å². The van der Waals surface area contributed by atoms with Crippen LogP contribution in [0.1, 0.15) is 75.2 Å². The van der Waals surface area contributed by atoms with Crippen molar-refractivity contribution >= 4 is 22.4 Å². The minimum absolute atomic E-state index is 0.151. The average Bonchev–Trinajstić information content (AvgIpc) is 2.66. The van der Waals surface area contributed by atoms with E-state index in [1.165, 1.54) is 23.9 Å². The van der Waals surface area contributed by atoms with Gasteiger partial charge in [-0.25, -0.2) is 10.1 Å². The summed E-state index contributed by atoms with van der Waals surface area (Å²) in [4.78, 5) is 25.4. The number of rotatable bonds is 5. The fourth-order valence-corrected chi connectivity index (χ4v) is 3.47. The molecule has 0 spiro atoms. The number of unbranched alkanes of at least 4 members (excludes halogenated alkanes) is 1. The molecule has 1 aromatic heterocycles. The standard InChI is InChI=1S/C21H28N4O2/c1-2-3-15-25-21(27)18-14-10-9-13-17(18)19(24-25)20(26)23-22-16-11-7-5-4-6-8-12-16/h9-10,13-14H,2-8,11-12,15H2,1H3,(H,23,26). The van der Waals surface area contributed by atoms with Gasteiger partial charge in [0.1, 0.15) is 0 Å². The van der Waals surface area contributed by atoms with E-state index in [1.807, 2.05) is 12.1 Å². The third kappa shape index (κ3) is 4.81. The van der Waals surface area contributed by atoms with Gasteiger partial charge in [-0.2, -0.15) is 10.2 Å². The van der Waals surface area contributed by atoms with Crippen molar-refractivity contribution in [2.75, 3.05) is 0 Å². The number of nitrogens with zero attached hydrogens (tertiary/aromatic N) is 3. The maximum Gasteiger partial charge on any atom is 0.292 e. The van der Waals surface area contributed by atoms with Crippen LogP contribution in [-0.2, 0) is 6.54 Å². The molecule has 6 heteroatoms. The number of carbonyl (C=O) groups excluding carboxylic acids is 1. The van der Waals surface area contributed by atoms with E-state index in [0.717, 1.165) is 44.2 Å². The Labute approximate surface area is 159 Å². The third-order valence-corrected chi connectivity index (χ3v) is 5.05. The van der Waals surface area contributed by atoms with E-state index >= 15 is 0 Å². The number of hydrogen-bond donors (Lipinski definition) is 1. The second-order valence-corrected chi connectivity index (χ2v) is 7.16. The first-order chi connectivity index (χ1) is 13.2. The Morgan fingerprint density at radius 3 is 2.48 bits per heavy atom. The van der Waals surface area contributed by atoms with Crippen molar-refractivity contribution in [2.45, 2.75) is 71.3 Å². The zero-order chi connectivity index (χ0) is 19.1. The molecule has 1 aliphatic carbocycles. The summed E-state index contributed by atoms with van der Waals surface area (Å²) >= 11 is 0. The van der Waals surface area contributed by atoms with Crippen LogP contribution in [0.15, 0.2) is 34.2 Å². The van der Waals surface area contributed by atoms with Gasteiger partial charge in [0.05, 0.1) is 5.39 Å². The van der Waals surface area contributed by atoms with Crippen molar-refractivity contribution in [3.8, 4) is 0 Å². The summed E-state index contributed by atoms with van der Waals surface area (Å²) in [5.41, 5.74) is 3.84. The summed E-state index contributed by atoms with van der Waals surface area (Å²) in [6.07, 6.45) is 9.65. The number of aryl methyl sites for hydroxylation is 1. The monoisotopic (exact) mass is 368 g/mol. The Kier molecular flexibility index (Phi) is 6.74. The van der Waals surface area contributed by atoms with E-state index in [9.17, 15) is 9.59 Å². The number of nitrogens with one attached hydrogen (secondary N) is 1. The molecular formula is C21H28N4O2. The third-order valence-electron chi connectivity index (χ3n) is 5.05. The average molecular weight is 368 g/mol. The van der Waals surface area contributed by atoms with Crippen LogP contribution < -0.4 is 11.0 Å². The molecule has 27 heavy (non-hydrogen) atoms. The lowest BCUT2D eigenvalue weighted by molar-refractivity contribution is 0.0949. The normalized spacial score (nSPS) is 15.2. The number of carbonyl (C=O) groups is 1. The lowest BCUT2D eigenvalue weighted by Gasteiger charge is -2.12.